The first kappa shape index (κ1) is 27.9. The molecule has 3 atom stereocenters. The van der Waals surface area contributed by atoms with Gasteiger partial charge < -0.3 is 10.2 Å². The van der Waals surface area contributed by atoms with Crippen LogP contribution in [-0.2, 0) is 14.4 Å². The first-order valence-electron chi connectivity index (χ1n) is 13.9. The Kier molecular flexibility index (Phi) is 7.45. The summed E-state index contributed by atoms with van der Waals surface area (Å²) in [4.78, 5) is 49.3. The number of amides is 3. The van der Waals surface area contributed by atoms with Crippen molar-refractivity contribution < 1.29 is 23.2 Å². The summed E-state index contributed by atoms with van der Waals surface area (Å²) in [5.41, 5.74) is 3.25. The Morgan fingerprint density at radius 1 is 1.10 bits per heavy atom. The van der Waals surface area contributed by atoms with E-state index in [4.69, 9.17) is 11.6 Å². The second kappa shape index (κ2) is 11.2. The number of hydrogen-bond donors (Lipinski definition) is 1. The van der Waals surface area contributed by atoms with Gasteiger partial charge in [-0.25, -0.2) is 13.8 Å². The van der Waals surface area contributed by atoms with E-state index in [9.17, 15) is 23.2 Å². The van der Waals surface area contributed by atoms with Crippen LogP contribution in [0, 0.1) is 23.5 Å². The van der Waals surface area contributed by atoms with E-state index in [1.54, 1.807) is 23.2 Å². The predicted molar refractivity (Wildman–Crippen MR) is 155 cm³/mol. The van der Waals surface area contributed by atoms with Crippen molar-refractivity contribution in [2.24, 2.45) is 16.8 Å². The third-order valence-electron chi connectivity index (χ3n) is 8.14. The zero-order valence-corrected chi connectivity index (χ0v) is 23.5. The number of hydrogen-bond acceptors (Lipinski definition) is 4. The standard InChI is InChI=1S/C32H27ClF2N4O3/c1-17-3-2-4-27(39-12-10-20(15-29(39)41)30-23(34)7-6-22(33)31(30)35)26-14-18(9-11-36-26)21-13-19-5-8-28(40)37-24(19)16-25(21)38-32(17)42/h5-9,11,13-17,19,27H,2-4,10,12H2,1H3,(H,37,40)/t17-,19?,27+/m1/s1. The van der Waals surface area contributed by atoms with Gasteiger partial charge in [0.05, 0.1) is 28.0 Å². The van der Waals surface area contributed by atoms with Crippen molar-refractivity contribution in [2.45, 2.75) is 38.6 Å². The SMILES string of the molecule is C[C@@H]1CCC[C@H](N2CCC(c3c(F)ccc(Cl)c3F)=CC2=O)c2cc(ccn2)C2=CC3C=CC(=O)NC3=CC2=NC1=O. The van der Waals surface area contributed by atoms with E-state index in [0.29, 0.717) is 36.4 Å². The molecule has 2 aromatic rings. The van der Waals surface area contributed by atoms with Gasteiger partial charge in [-0.15, -0.1) is 0 Å². The Balaban J connectivity index is 1.39. The summed E-state index contributed by atoms with van der Waals surface area (Å²) in [6.45, 7) is 2.06. The van der Waals surface area contributed by atoms with Crippen molar-refractivity contribution in [2.75, 3.05) is 6.54 Å². The van der Waals surface area contributed by atoms with Crippen LogP contribution in [0.4, 0.5) is 8.78 Å². The van der Waals surface area contributed by atoms with Crippen LogP contribution in [0.5, 0.6) is 0 Å². The molecule has 4 heterocycles. The number of carbonyl (C=O) groups is 3. The number of nitrogens with one attached hydrogen (secondary N) is 1. The number of fused-ring (bicyclic) bond motifs is 5. The molecule has 10 heteroatoms. The number of halogens is 3. The van der Waals surface area contributed by atoms with Gasteiger partial charge in [0.15, 0.2) is 5.82 Å². The Morgan fingerprint density at radius 2 is 1.93 bits per heavy atom. The zero-order valence-electron chi connectivity index (χ0n) is 22.7. The van der Waals surface area contributed by atoms with Crippen molar-refractivity contribution in [1.82, 2.24) is 15.2 Å². The Bertz CT molecular complexity index is 1680. The van der Waals surface area contributed by atoms with Gasteiger partial charge in [-0.3, -0.25) is 19.4 Å². The van der Waals surface area contributed by atoms with Gasteiger partial charge >= 0.3 is 0 Å². The number of rotatable bonds is 2. The molecule has 6 rings (SSSR count). The topological polar surface area (TPSA) is 91.7 Å². The second-order valence-corrected chi connectivity index (χ2v) is 11.3. The molecule has 1 aromatic heterocycles. The van der Waals surface area contributed by atoms with Crippen LogP contribution in [-0.4, -0.2) is 39.9 Å². The van der Waals surface area contributed by atoms with E-state index in [2.05, 4.69) is 15.3 Å². The minimum atomic E-state index is -0.883. The van der Waals surface area contributed by atoms with Gasteiger partial charge in [0.2, 0.25) is 17.7 Å². The molecule has 3 amide bonds. The Hall–Kier alpha value is -4.24. The average molecular weight is 589 g/mol. The third kappa shape index (κ3) is 5.25. The van der Waals surface area contributed by atoms with Gasteiger partial charge in [0, 0.05) is 48.0 Å². The van der Waals surface area contributed by atoms with E-state index < -0.39 is 17.7 Å². The molecule has 42 heavy (non-hydrogen) atoms. The van der Waals surface area contributed by atoms with Crippen LogP contribution in [0.3, 0.4) is 0 Å². The molecular weight excluding hydrogens is 562 g/mol. The quantitative estimate of drug-likeness (QED) is 0.453. The molecule has 1 aromatic carbocycles. The molecule has 1 N–H and O–H groups in total. The molecule has 1 aliphatic carbocycles. The van der Waals surface area contributed by atoms with Crippen LogP contribution in [0.2, 0.25) is 5.02 Å². The molecule has 0 radical (unpaired) electrons. The highest BCUT2D eigenvalue weighted by atomic mass is 35.5. The fraction of sp³-hybridized carbons (Fsp3) is 0.281. The summed E-state index contributed by atoms with van der Waals surface area (Å²) < 4.78 is 29.3. The van der Waals surface area contributed by atoms with E-state index in [1.165, 1.54) is 12.2 Å². The molecule has 0 saturated heterocycles. The predicted octanol–water partition coefficient (Wildman–Crippen LogP) is 5.74. The Morgan fingerprint density at radius 3 is 2.74 bits per heavy atom. The highest BCUT2D eigenvalue weighted by molar-refractivity contribution is 6.32. The molecule has 0 spiro atoms. The van der Waals surface area contributed by atoms with E-state index in [-0.39, 0.29) is 58.7 Å². The first-order valence-corrected chi connectivity index (χ1v) is 14.2. The van der Waals surface area contributed by atoms with Crippen LogP contribution >= 0.6 is 11.6 Å². The average Bonchev–Trinajstić information content (AvgIpc) is 2.97. The van der Waals surface area contributed by atoms with Gasteiger partial charge in [-0.2, -0.15) is 0 Å². The summed E-state index contributed by atoms with van der Waals surface area (Å²) in [7, 11) is 0. The van der Waals surface area contributed by atoms with Crippen LogP contribution in [0.15, 0.2) is 71.5 Å². The van der Waals surface area contributed by atoms with Crippen LogP contribution in [0.1, 0.15) is 55.5 Å². The molecule has 4 aliphatic rings. The molecular formula is C32H27ClF2N4O3. The normalized spacial score (nSPS) is 24.2. The molecule has 0 saturated carbocycles. The second-order valence-electron chi connectivity index (χ2n) is 10.9. The Labute approximate surface area is 246 Å². The van der Waals surface area contributed by atoms with E-state index in [1.807, 2.05) is 25.1 Å². The van der Waals surface area contributed by atoms with Crippen molar-refractivity contribution in [3.8, 4) is 0 Å². The number of allylic oxidation sites excluding steroid dienone is 3. The van der Waals surface area contributed by atoms with Gasteiger partial charge in [0.1, 0.15) is 5.82 Å². The van der Waals surface area contributed by atoms with E-state index in [0.717, 1.165) is 23.3 Å². The lowest BCUT2D eigenvalue weighted by molar-refractivity contribution is -0.129. The maximum Gasteiger partial charge on any atom is 0.249 e. The molecule has 214 valence electrons. The summed E-state index contributed by atoms with van der Waals surface area (Å²) in [6.07, 6.45) is 11.9. The monoisotopic (exact) mass is 588 g/mol. The summed E-state index contributed by atoms with van der Waals surface area (Å²) in [5.74, 6) is -3.08. The molecule has 3 aliphatic heterocycles. The largest absolute Gasteiger partial charge is 0.330 e. The van der Waals surface area contributed by atoms with Gasteiger partial charge in [-0.1, -0.05) is 37.1 Å². The molecule has 7 nitrogen and oxygen atoms in total. The van der Waals surface area contributed by atoms with Gasteiger partial charge in [-0.05, 0) is 60.7 Å². The lowest BCUT2D eigenvalue weighted by atomic mass is 9.86. The van der Waals surface area contributed by atoms with Crippen molar-refractivity contribution in [3.63, 3.8) is 0 Å². The maximum absolute atomic E-state index is 14.7. The molecule has 1 unspecified atom stereocenters. The molecule has 2 bridgehead atoms. The van der Waals surface area contributed by atoms with Gasteiger partial charge in [0.25, 0.3) is 0 Å². The smallest absolute Gasteiger partial charge is 0.249 e. The lowest BCUT2D eigenvalue weighted by Crippen LogP contribution is -2.38. The van der Waals surface area contributed by atoms with E-state index >= 15 is 0 Å². The summed E-state index contributed by atoms with van der Waals surface area (Å²) in [6, 6.07) is 5.55. The number of aliphatic imine (C=N–C) groups is 1. The van der Waals surface area contributed by atoms with Crippen molar-refractivity contribution in [3.05, 3.63) is 100 Å². The number of carbonyl (C=O) groups excluding carboxylic acids is 3. The zero-order chi connectivity index (χ0) is 29.5. The van der Waals surface area contributed by atoms with Crippen LogP contribution < -0.4 is 5.32 Å². The third-order valence-corrected chi connectivity index (χ3v) is 8.43. The summed E-state index contributed by atoms with van der Waals surface area (Å²) >= 11 is 5.90. The molecule has 0 fully saturated rings. The highest BCUT2D eigenvalue weighted by Crippen LogP contribution is 2.37. The highest BCUT2D eigenvalue weighted by Gasteiger charge is 2.32. The number of pyridine rings is 1. The van der Waals surface area contributed by atoms with Crippen molar-refractivity contribution >= 4 is 46.2 Å². The maximum atomic E-state index is 14.7. The number of nitrogens with zero attached hydrogens (tertiary/aromatic N) is 3. The minimum absolute atomic E-state index is 0.191. The fourth-order valence-corrected chi connectivity index (χ4v) is 6.04. The fourth-order valence-electron chi connectivity index (χ4n) is 5.88. The summed E-state index contributed by atoms with van der Waals surface area (Å²) in [5, 5.41) is 2.62. The first-order chi connectivity index (χ1) is 20.2. The number of benzene rings is 1. The number of aromatic nitrogens is 1. The lowest BCUT2D eigenvalue weighted by Gasteiger charge is -2.34. The van der Waals surface area contributed by atoms with Crippen molar-refractivity contribution in [1.29, 1.82) is 0 Å². The minimum Gasteiger partial charge on any atom is -0.330 e. The van der Waals surface area contributed by atoms with Crippen LogP contribution in [0.25, 0.3) is 11.1 Å².